The fourth-order valence-electron chi connectivity index (χ4n) is 2.52. The zero-order valence-electron chi connectivity index (χ0n) is 16.0. The largest absolute Gasteiger partial charge is 0.462 e. The van der Waals surface area contributed by atoms with Crippen molar-refractivity contribution in [3.05, 3.63) is 34.9 Å². The van der Waals surface area contributed by atoms with Crippen molar-refractivity contribution in [2.75, 3.05) is 13.2 Å². The van der Waals surface area contributed by atoms with Crippen molar-refractivity contribution in [3.63, 3.8) is 0 Å². The SMILES string of the molecule is C#Cc1ccc(C(=O)OCCCCCC)c(C(=O)OCCCCCC)c1. The van der Waals surface area contributed by atoms with Gasteiger partial charge in [0.1, 0.15) is 0 Å². The molecule has 1 aromatic rings. The normalized spacial score (nSPS) is 10.2. The lowest BCUT2D eigenvalue weighted by Crippen LogP contribution is -2.15. The van der Waals surface area contributed by atoms with Crippen LogP contribution in [-0.2, 0) is 9.47 Å². The van der Waals surface area contributed by atoms with Crippen LogP contribution < -0.4 is 0 Å². The second-order valence-electron chi connectivity index (χ2n) is 6.30. The highest BCUT2D eigenvalue weighted by atomic mass is 16.5. The van der Waals surface area contributed by atoms with Crippen molar-refractivity contribution < 1.29 is 19.1 Å². The van der Waals surface area contributed by atoms with Gasteiger partial charge in [-0.05, 0) is 31.0 Å². The van der Waals surface area contributed by atoms with Crippen LogP contribution in [0.3, 0.4) is 0 Å². The molecule has 0 aliphatic carbocycles. The van der Waals surface area contributed by atoms with Crippen LogP contribution in [0.4, 0.5) is 0 Å². The minimum Gasteiger partial charge on any atom is -0.462 e. The van der Waals surface area contributed by atoms with Crippen LogP contribution in [0.1, 0.15) is 91.5 Å². The molecule has 0 fully saturated rings. The Morgan fingerprint density at radius 3 is 1.88 bits per heavy atom. The number of benzene rings is 1. The molecule has 0 bridgehead atoms. The van der Waals surface area contributed by atoms with Crippen LogP contribution in [0.5, 0.6) is 0 Å². The van der Waals surface area contributed by atoms with Crippen LogP contribution in [0, 0.1) is 12.3 Å². The van der Waals surface area contributed by atoms with Gasteiger partial charge in [0.2, 0.25) is 0 Å². The van der Waals surface area contributed by atoms with Gasteiger partial charge in [0.25, 0.3) is 0 Å². The summed E-state index contributed by atoms with van der Waals surface area (Å²) in [5.74, 6) is 1.44. The first kappa shape index (κ1) is 21.8. The number of rotatable bonds is 12. The van der Waals surface area contributed by atoms with Crippen molar-refractivity contribution in [2.45, 2.75) is 65.2 Å². The zero-order valence-corrected chi connectivity index (χ0v) is 16.0. The number of ether oxygens (including phenoxy) is 2. The van der Waals surface area contributed by atoms with Crippen molar-refractivity contribution in [1.82, 2.24) is 0 Å². The molecule has 1 rings (SSSR count). The van der Waals surface area contributed by atoms with E-state index in [9.17, 15) is 9.59 Å². The minimum absolute atomic E-state index is 0.175. The van der Waals surface area contributed by atoms with Crippen molar-refractivity contribution in [2.24, 2.45) is 0 Å². The third kappa shape index (κ3) is 7.74. The Labute approximate surface area is 157 Å². The molecule has 0 unspecified atom stereocenters. The summed E-state index contributed by atoms with van der Waals surface area (Å²) in [5.41, 5.74) is 0.912. The Bertz CT molecular complexity index is 613. The molecule has 1 aromatic carbocycles. The van der Waals surface area contributed by atoms with Crippen LogP contribution in [0.15, 0.2) is 18.2 Å². The quantitative estimate of drug-likeness (QED) is 0.295. The number of carbonyl (C=O) groups is 2. The van der Waals surface area contributed by atoms with Gasteiger partial charge in [0.05, 0.1) is 24.3 Å². The summed E-state index contributed by atoms with van der Waals surface area (Å²) >= 11 is 0. The van der Waals surface area contributed by atoms with Gasteiger partial charge in [0, 0.05) is 5.56 Å². The van der Waals surface area contributed by atoms with E-state index < -0.39 is 11.9 Å². The summed E-state index contributed by atoms with van der Waals surface area (Å²) in [6.07, 6.45) is 13.5. The van der Waals surface area contributed by atoms with Gasteiger partial charge < -0.3 is 9.47 Å². The molecule has 0 saturated heterocycles. The predicted molar refractivity (Wildman–Crippen MR) is 103 cm³/mol. The highest BCUT2D eigenvalue weighted by Crippen LogP contribution is 2.16. The van der Waals surface area contributed by atoms with Gasteiger partial charge in [-0.3, -0.25) is 0 Å². The Hall–Kier alpha value is -2.28. The molecule has 0 spiro atoms. The molecule has 0 amide bonds. The molecule has 0 aliphatic rings. The summed E-state index contributed by atoms with van der Waals surface area (Å²) in [7, 11) is 0. The summed E-state index contributed by atoms with van der Waals surface area (Å²) < 4.78 is 10.6. The second kappa shape index (κ2) is 13.0. The smallest absolute Gasteiger partial charge is 0.339 e. The van der Waals surface area contributed by atoms with E-state index >= 15 is 0 Å². The fourth-order valence-corrected chi connectivity index (χ4v) is 2.52. The topological polar surface area (TPSA) is 52.6 Å². The number of hydrogen-bond acceptors (Lipinski definition) is 4. The first-order chi connectivity index (χ1) is 12.6. The summed E-state index contributed by atoms with van der Waals surface area (Å²) in [6, 6.07) is 4.69. The van der Waals surface area contributed by atoms with E-state index in [2.05, 4.69) is 19.8 Å². The Morgan fingerprint density at radius 2 is 1.38 bits per heavy atom. The van der Waals surface area contributed by atoms with E-state index in [0.717, 1.165) is 51.4 Å². The van der Waals surface area contributed by atoms with Gasteiger partial charge in [-0.2, -0.15) is 0 Å². The highest BCUT2D eigenvalue weighted by molar-refractivity contribution is 6.03. The number of esters is 2. The number of carbonyl (C=O) groups excluding carboxylic acids is 2. The summed E-state index contributed by atoms with van der Waals surface area (Å²) in [6.45, 7) is 4.93. The van der Waals surface area contributed by atoms with Crippen LogP contribution in [0.25, 0.3) is 0 Å². The van der Waals surface area contributed by atoms with E-state index in [-0.39, 0.29) is 11.1 Å². The molecular weight excluding hydrogens is 328 g/mol. The Kier molecular flexibility index (Phi) is 10.9. The number of terminal acetylenes is 1. The Morgan fingerprint density at radius 1 is 0.846 bits per heavy atom. The third-order valence-electron chi connectivity index (χ3n) is 4.09. The number of hydrogen-bond donors (Lipinski definition) is 0. The lowest BCUT2D eigenvalue weighted by atomic mass is 10.0. The fraction of sp³-hybridized carbons (Fsp3) is 0.545. The molecule has 0 heterocycles. The standard InChI is InChI=1S/C22H30O4/c1-4-7-9-11-15-25-21(23)19-14-13-18(6-3)17-20(19)22(24)26-16-12-10-8-5-2/h3,13-14,17H,4-5,7-12,15-16H2,1-2H3. The molecule has 0 saturated carbocycles. The van der Waals surface area contributed by atoms with Crippen molar-refractivity contribution >= 4 is 11.9 Å². The van der Waals surface area contributed by atoms with Crippen molar-refractivity contribution in [1.29, 1.82) is 0 Å². The second-order valence-corrected chi connectivity index (χ2v) is 6.30. The molecule has 4 heteroatoms. The molecule has 0 aromatic heterocycles. The molecular formula is C22H30O4. The molecule has 0 aliphatic heterocycles. The minimum atomic E-state index is -0.531. The van der Waals surface area contributed by atoms with E-state index in [1.165, 1.54) is 12.1 Å². The van der Waals surface area contributed by atoms with E-state index in [4.69, 9.17) is 15.9 Å². The average Bonchev–Trinajstić information content (AvgIpc) is 2.66. The Balaban J connectivity index is 2.71. The molecule has 26 heavy (non-hydrogen) atoms. The van der Waals surface area contributed by atoms with Gasteiger partial charge in [-0.15, -0.1) is 6.42 Å². The first-order valence-electron chi connectivity index (χ1n) is 9.58. The van der Waals surface area contributed by atoms with E-state index in [0.29, 0.717) is 18.8 Å². The molecule has 0 atom stereocenters. The molecule has 0 N–H and O–H groups in total. The monoisotopic (exact) mass is 358 g/mol. The molecule has 0 radical (unpaired) electrons. The maximum atomic E-state index is 12.4. The highest BCUT2D eigenvalue weighted by Gasteiger charge is 2.20. The van der Waals surface area contributed by atoms with Crippen LogP contribution >= 0.6 is 0 Å². The van der Waals surface area contributed by atoms with Gasteiger partial charge in [0.15, 0.2) is 0 Å². The lowest BCUT2D eigenvalue weighted by Gasteiger charge is -2.10. The van der Waals surface area contributed by atoms with Gasteiger partial charge >= 0.3 is 11.9 Å². The maximum Gasteiger partial charge on any atom is 0.339 e. The van der Waals surface area contributed by atoms with Gasteiger partial charge in [-0.1, -0.05) is 58.3 Å². The molecule has 142 valence electrons. The van der Waals surface area contributed by atoms with Crippen molar-refractivity contribution in [3.8, 4) is 12.3 Å². The number of unbranched alkanes of at least 4 members (excludes halogenated alkanes) is 6. The summed E-state index contributed by atoms with van der Waals surface area (Å²) in [5, 5.41) is 0. The lowest BCUT2D eigenvalue weighted by molar-refractivity contribution is 0.0450. The van der Waals surface area contributed by atoms with E-state index in [1.54, 1.807) is 6.07 Å². The van der Waals surface area contributed by atoms with Crippen LogP contribution in [0.2, 0.25) is 0 Å². The van der Waals surface area contributed by atoms with Gasteiger partial charge in [-0.25, -0.2) is 9.59 Å². The zero-order chi connectivity index (χ0) is 19.2. The predicted octanol–water partition coefficient (Wildman–Crippen LogP) is 5.14. The first-order valence-corrected chi connectivity index (χ1v) is 9.58. The van der Waals surface area contributed by atoms with E-state index in [1.807, 2.05) is 0 Å². The molecule has 4 nitrogen and oxygen atoms in total. The van der Waals surface area contributed by atoms with Crippen LogP contribution in [-0.4, -0.2) is 25.2 Å². The summed E-state index contributed by atoms with van der Waals surface area (Å²) in [4.78, 5) is 24.7. The average molecular weight is 358 g/mol. The third-order valence-corrected chi connectivity index (χ3v) is 4.09. The maximum absolute atomic E-state index is 12.4.